The van der Waals surface area contributed by atoms with E-state index in [1.54, 1.807) is 12.4 Å². The number of hydrogen-bond acceptors (Lipinski definition) is 7. The highest BCUT2D eigenvalue weighted by Gasteiger charge is 2.21. The van der Waals surface area contributed by atoms with Crippen LogP contribution in [0.4, 0.5) is 5.95 Å². The van der Waals surface area contributed by atoms with Crippen molar-refractivity contribution in [1.29, 1.82) is 0 Å². The number of rotatable bonds is 9. The normalized spacial score (nSPS) is 14.9. The van der Waals surface area contributed by atoms with Crippen molar-refractivity contribution in [2.24, 2.45) is 0 Å². The summed E-state index contributed by atoms with van der Waals surface area (Å²) in [7, 11) is 0. The number of oxazole rings is 1. The molecule has 1 fully saturated rings. The summed E-state index contributed by atoms with van der Waals surface area (Å²) in [6.45, 7) is 6.45. The number of carbonyl (C=O) groups excluding carboxylic acids is 1. The molecule has 190 valence electrons. The van der Waals surface area contributed by atoms with Gasteiger partial charge in [-0.2, -0.15) is 0 Å². The lowest BCUT2D eigenvalue weighted by Gasteiger charge is -2.35. The van der Waals surface area contributed by atoms with E-state index in [2.05, 4.69) is 32.0 Å². The molecule has 8 heteroatoms. The number of anilines is 1. The molecule has 1 aliphatic rings. The van der Waals surface area contributed by atoms with Crippen molar-refractivity contribution in [3.8, 4) is 22.6 Å². The van der Waals surface area contributed by atoms with Crippen LogP contribution in [0.1, 0.15) is 19.2 Å². The highest BCUT2D eigenvalue weighted by Crippen LogP contribution is 2.32. The maximum atomic E-state index is 12.7. The number of aryl methyl sites for hydroxylation is 1. The summed E-state index contributed by atoms with van der Waals surface area (Å²) < 4.78 is 6.16. The molecule has 0 spiro atoms. The van der Waals surface area contributed by atoms with Gasteiger partial charge in [0.1, 0.15) is 5.69 Å². The van der Waals surface area contributed by atoms with E-state index in [9.17, 15) is 4.79 Å². The average Bonchev–Trinajstić information content (AvgIpc) is 3.38. The van der Waals surface area contributed by atoms with Crippen LogP contribution in [0.15, 0.2) is 83.5 Å². The van der Waals surface area contributed by atoms with E-state index in [4.69, 9.17) is 9.40 Å². The van der Waals surface area contributed by atoms with E-state index in [1.807, 2.05) is 66.7 Å². The topological polar surface area (TPSA) is 87.4 Å². The second-order valence-corrected chi connectivity index (χ2v) is 9.32. The molecule has 1 saturated heterocycles. The van der Waals surface area contributed by atoms with Gasteiger partial charge < -0.3 is 14.6 Å². The third-order valence-corrected chi connectivity index (χ3v) is 6.47. The SMILES string of the molecule is CC(CN1CCN(c2ncccn2)CC1)NC(=O)CCc1nc(-c2ccccc2)c(-c2ccccc2)o1. The van der Waals surface area contributed by atoms with Crippen molar-refractivity contribution in [2.75, 3.05) is 37.6 Å². The molecule has 1 amide bonds. The number of nitrogens with zero attached hydrogens (tertiary/aromatic N) is 5. The fraction of sp³-hybridized carbons (Fsp3) is 0.310. The standard InChI is InChI=1S/C29H32N6O2/c1-22(21-34-17-19-35(20-18-34)29-30-15-8-16-31-29)32-25(36)13-14-26-33-27(23-9-4-2-5-10-23)28(37-26)24-11-6-3-7-12-24/h2-12,15-16,22H,13-14,17-21H2,1H3,(H,32,36). The maximum absolute atomic E-state index is 12.7. The lowest BCUT2D eigenvalue weighted by molar-refractivity contribution is -0.121. The summed E-state index contributed by atoms with van der Waals surface area (Å²) in [6, 6.07) is 21.9. The van der Waals surface area contributed by atoms with Gasteiger partial charge in [-0.25, -0.2) is 15.0 Å². The van der Waals surface area contributed by atoms with Crippen LogP contribution >= 0.6 is 0 Å². The molecule has 4 aromatic rings. The second-order valence-electron chi connectivity index (χ2n) is 9.32. The zero-order valence-corrected chi connectivity index (χ0v) is 21.1. The number of carbonyl (C=O) groups is 1. The molecule has 1 aliphatic heterocycles. The molecule has 37 heavy (non-hydrogen) atoms. The van der Waals surface area contributed by atoms with E-state index < -0.39 is 0 Å². The zero-order valence-electron chi connectivity index (χ0n) is 21.1. The lowest BCUT2D eigenvalue weighted by atomic mass is 10.1. The van der Waals surface area contributed by atoms with Gasteiger partial charge in [0.05, 0.1) is 0 Å². The van der Waals surface area contributed by atoms with Crippen LogP contribution in [-0.2, 0) is 11.2 Å². The minimum atomic E-state index is 0.00421. The van der Waals surface area contributed by atoms with Crippen molar-refractivity contribution in [2.45, 2.75) is 25.8 Å². The molecule has 1 unspecified atom stereocenters. The summed E-state index contributed by atoms with van der Waals surface area (Å²) in [4.78, 5) is 30.7. The van der Waals surface area contributed by atoms with Gasteiger partial charge in [0, 0.05) is 75.1 Å². The molecule has 8 nitrogen and oxygen atoms in total. The first-order valence-corrected chi connectivity index (χ1v) is 12.8. The van der Waals surface area contributed by atoms with Gasteiger partial charge in [0.25, 0.3) is 0 Å². The molecule has 0 radical (unpaired) electrons. The fourth-order valence-electron chi connectivity index (χ4n) is 4.63. The van der Waals surface area contributed by atoms with Gasteiger partial charge in [0.15, 0.2) is 11.7 Å². The smallest absolute Gasteiger partial charge is 0.225 e. The Morgan fingerprint density at radius 3 is 2.24 bits per heavy atom. The molecular formula is C29H32N6O2. The molecule has 0 bridgehead atoms. The monoisotopic (exact) mass is 496 g/mol. The van der Waals surface area contributed by atoms with Crippen LogP contribution in [-0.4, -0.2) is 64.5 Å². The lowest BCUT2D eigenvalue weighted by Crippen LogP contribution is -2.51. The number of benzene rings is 2. The largest absolute Gasteiger partial charge is 0.440 e. The Bertz CT molecular complexity index is 1210. The van der Waals surface area contributed by atoms with Crippen molar-refractivity contribution in [3.05, 3.63) is 85.0 Å². The van der Waals surface area contributed by atoms with E-state index in [-0.39, 0.29) is 11.9 Å². The molecule has 1 atom stereocenters. The van der Waals surface area contributed by atoms with Crippen molar-refractivity contribution in [3.63, 3.8) is 0 Å². The highest BCUT2D eigenvalue weighted by atomic mass is 16.4. The van der Waals surface area contributed by atoms with Crippen LogP contribution < -0.4 is 10.2 Å². The van der Waals surface area contributed by atoms with Gasteiger partial charge >= 0.3 is 0 Å². The molecule has 3 heterocycles. The number of hydrogen-bond donors (Lipinski definition) is 1. The summed E-state index contributed by atoms with van der Waals surface area (Å²) in [5, 5.41) is 3.14. The summed E-state index contributed by atoms with van der Waals surface area (Å²) in [6.07, 6.45) is 4.32. The first-order valence-electron chi connectivity index (χ1n) is 12.8. The van der Waals surface area contributed by atoms with Gasteiger partial charge in [0.2, 0.25) is 11.9 Å². The van der Waals surface area contributed by atoms with Crippen LogP contribution in [0, 0.1) is 0 Å². The molecule has 5 rings (SSSR count). The predicted molar refractivity (Wildman–Crippen MR) is 144 cm³/mol. The minimum absolute atomic E-state index is 0.00421. The molecule has 0 aliphatic carbocycles. The number of aromatic nitrogens is 3. The molecular weight excluding hydrogens is 464 g/mol. The van der Waals surface area contributed by atoms with Crippen molar-refractivity contribution < 1.29 is 9.21 Å². The van der Waals surface area contributed by atoms with E-state index in [1.165, 1.54) is 0 Å². The molecule has 2 aromatic carbocycles. The third kappa shape index (κ3) is 6.40. The van der Waals surface area contributed by atoms with E-state index >= 15 is 0 Å². The number of nitrogens with one attached hydrogen (secondary N) is 1. The number of piperazine rings is 1. The Kier molecular flexibility index (Phi) is 7.86. The molecule has 1 N–H and O–H groups in total. The Balaban J connectivity index is 1.14. The minimum Gasteiger partial charge on any atom is -0.440 e. The van der Waals surface area contributed by atoms with Gasteiger partial charge in [-0.15, -0.1) is 0 Å². The van der Waals surface area contributed by atoms with Crippen molar-refractivity contribution in [1.82, 2.24) is 25.2 Å². The highest BCUT2D eigenvalue weighted by molar-refractivity contribution is 5.78. The predicted octanol–water partition coefficient (Wildman–Crippen LogP) is 4.06. The quantitative estimate of drug-likeness (QED) is 0.374. The van der Waals surface area contributed by atoms with Crippen LogP contribution in [0.5, 0.6) is 0 Å². The van der Waals surface area contributed by atoms with Gasteiger partial charge in [-0.1, -0.05) is 60.7 Å². The Hall–Kier alpha value is -4.04. The second kappa shape index (κ2) is 11.8. The van der Waals surface area contributed by atoms with Crippen LogP contribution in [0.25, 0.3) is 22.6 Å². The van der Waals surface area contributed by atoms with E-state index in [0.717, 1.165) is 61.3 Å². The molecule has 2 aromatic heterocycles. The maximum Gasteiger partial charge on any atom is 0.225 e. The summed E-state index contributed by atoms with van der Waals surface area (Å²) in [5.41, 5.74) is 2.76. The van der Waals surface area contributed by atoms with E-state index in [0.29, 0.717) is 18.7 Å². The number of amides is 1. The van der Waals surface area contributed by atoms with Crippen LogP contribution in [0.2, 0.25) is 0 Å². The molecule has 0 saturated carbocycles. The fourth-order valence-corrected chi connectivity index (χ4v) is 4.63. The Labute approximate surface area is 217 Å². The van der Waals surface area contributed by atoms with Crippen molar-refractivity contribution >= 4 is 11.9 Å². The third-order valence-electron chi connectivity index (χ3n) is 6.47. The van der Waals surface area contributed by atoms with Gasteiger partial charge in [-0.05, 0) is 13.0 Å². The zero-order chi connectivity index (χ0) is 25.5. The Morgan fingerprint density at radius 2 is 1.57 bits per heavy atom. The van der Waals surface area contributed by atoms with Crippen LogP contribution in [0.3, 0.4) is 0 Å². The first-order chi connectivity index (χ1) is 18.2. The van der Waals surface area contributed by atoms with Gasteiger partial charge in [-0.3, -0.25) is 9.69 Å². The summed E-state index contributed by atoms with van der Waals surface area (Å²) in [5.74, 6) is 2.08. The summed E-state index contributed by atoms with van der Waals surface area (Å²) >= 11 is 0. The Morgan fingerprint density at radius 1 is 0.919 bits per heavy atom. The first kappa shape index (κ1) is 24.6. The average molecular weight is 497 g/mol.